The van der Waals surface area contributed by atoms with Gasteiger partial charge in [-0.05, 0) is 48.5 Å². The van der Waals surface area contributed by atoms with Crippen LogP contribution >= 0.6 is 0 Å². The zero-order valence-corrected chi connectivity index (χ0v) is 41.2. The number of nitriles is 4. The molecule has 0 bridgehead atoms. The number of anilines is 4. The van der Waals surface area contributed by atoms with Crippen molar-refractivity contribution in [2.24, 2.45) is 0 Å². The fraction of sp³-hybridized carbons (Fsp3) is 0.0714. The van der Waals surface area contributed by atoms with Crippen LogP contribution in [0.1, 0.15) is 46.4 Å². The van der Waals surface area contributed by atoms with E-state index in [0.29, 0.717) is 22.7 Å². The first kappa shape index (κ1) is 64.3. The molecule has 0 aromatic heterocycles. The molecule has 28 heteroatoms. The summed E-state index contributed by atoms with van der Waals surface area (Å²) in [6, 6.07) is 30.1. The summed E-state index contributed by atoms with van der Waals surface area (Å²) >= 11 is 0. The van der Waals surface area contributed by atoms with Crippen molar-refractivity contribution in [3.63, 3.8) is 0 Å². The molecule has 0 unspecified atom stereocenters. The standard InChI is InChI=1S/4C14H7F5N2/c4*15-10-9(11(16)13(18)14(19)12(10)17)8(6-20)21-7-4-2-1-3-5-7/h4*1-5,8,21H/t4*8-/m1100/s1. The number of hydrogen-bond donors (Lipinski definition) is 4. The van der Waals surface area contributed by atoms with Gasteiger partial charge in [0, 0.05) is 22.7 Å². The van der Waals surface area contributed by atoms with E-state index < -0.39 is 163 Å². The number of para-hydroxylation sites is 4. The molecular formula is C56H28F20N8. The minimum absolute atomic E-state index is 0.299. The highest BCUT2D eigenvalue weighted by atomic mass is 19.2. The number of nitrogens with zero attached hydrogens (tertiary/aromatic N) is 4. The van der Waals surface area contributed by atoms with E-state index in [2.05, 4.69) is 21.3 Å². The average molecular weight is 1190 g/mol. The van der Waals surface area contributed by atoms with Gasteiger partial charge in [-0.2, -0.15) is 21.0 Å². The molecule has 0 spiro atoms. The van der Waals surface area contributed by atoms with Crippen molar-refractivity contribution >= 4 is 22.7 Å². The Morgan fingerprint density at radius 2 is 0.321 bits per heavy atom. The molecule has 0 saturated carbocycles. The highest BCUT2D eigenvalue weighted by Gasteiger charge is 2.34. The van der Waals surface area contributed by atoms with E-state index >= 15 is 0 Å². The Bertz CT molecular complexity index is 3220. The van der Waals surface area contributed by atoms with Crippen LogP contribution in [-0.4, -0.2) is 0 Å². The lowest BCUT2D eigenvalue weighted by Gasteiger charge is -2.15. The Hall–Kier alpha value is -10.5. The average Bonchev–Trinajstić information content (AvgIpc) is 2.68. The fourth-order valence-electron chi connectivity index (χ4n) is 6.98. The zero-order valence-electron chi connectivity index (χ0n) is 41.2. The van der Waals surface area contributed by atoms with Gasteiger partial charge in [0.2, 0.25) is 23.3 Å². The van der Waals surface area contributed by atoms with E-state index in [-0.39, 0.29) is 0 Å². The maximum Gasteiger partial charge on any atom is 0.200 e. The Balaban J connectivity index is 0.000000205. The Kier molecular flexibility index (Phi) is 22.0. The Morgan fingerprint density at radius 3 is 0.440 bits per heavy atom. The minimum atomic E-state index is -2.26. The molecule has 432 valence electrons. The van der Waals surface area contributed by atoms with Crippen LogP contribution in [0, 0.1) is 162 Å². The predicted octanol–water partition coefficient (Wildman–Crippen LogP) is 16.2. The minimum Gasteiger partial charge on any atom is -0.366 e. The maximum absolute atomic E-state index is 13.6. The van der Waals surface area contributed by atoms with Gasteiger partial charge in [-0.1, -0.05) is 72.8 Å². The topological polar surface area (TPSA) is 143 Å². The van der Waals surface area contributed by atoms with Gasteiger partial charge >= 0.3 is 0 Å². The second-order valence-corrected chi connectivity index (χ2v) is 16.2. The third-order valence-corrected chi connectivity index (χ3v) is 11.0. The van der Waals surface area contributed by atoms with Gasteiger partial charge < -0.3 is 21.3 Å². The molecular weight excluding hydrogens is 1160 g/mol. The van der Waals surface area contributed by atoms with Crippen molar-refractivity contribution in [1.29, 1.82) is 21.0 Å². The normalized spacial score (nSPS) is 11.8. The van der Waals surface area contributed by atoms with E-state index in [9.17, 15) is 87.8 Å². The molecule has 0 radical (unpaired) electrons. The lowest BCUT2D eigenvalue weighted by atomic mass is 10.0. The number of nitrogens with one attached hydrogen (secondary N) is 4. The van der Waals surface area contributed by atoms with Gasteiger partial charge in [0.1, 0.15) is 24.2 Å². The summed E-state index contributed by atoms with van der Waals surface area (Å²) in [5, 5.41) is 45.4. The van der Waals surface area contributed by atoms with Gasteiger partial charge in [-0.3, -0.25) is 0 Å². The third kappa shape index (κ3) is 14.3. The second-order valence-electron chi connectivity index (χ2n) is 16.2. The van der Waals surface area contributed by atoms with Crippen molar-refractivity contribution in [1.82, 2.24) is 0 Å². The smallest absolute Gasteiger partial charge is 0.200 e. The molecule has 4 N–H and O–H groups in total. The van der Waals surface area contributed by atoms with E-state index in [1.165, 1.54) is 72.8 Å². The molecule has 0 aliphatic heterocycles. The third-order valence-electron chi connectivity index (χ3n) is 11.0. The first-order valence-electron chi connectivity index (χ1n) is 22.8. The van der Waals surface area contributed by atoms with Crippen molar-refractivity contribution in [2.45, 2.75) is 24.2 Å². The highest BCUT2D eigenvalue weighted by Crippen LogP contribution is 2.34. The van der Waals surface area contributed by atoms with Crippen LogP contribution in [0.5, 0.6) is 0 Å². The SMILES string of the molecule is N#C[C@@H](Nc1ccccc1)c1c(F)c(F)c(F)c(F)c1F.N#C[C@@H](Nc1ccccc1)c1c(F)c(F)c(F)c(F)c1F.N#C[C@H](Nc1ccccc1)c1c(F)c(F)c(F)c(F)c1F.N#C[C@H](Nc1ccccc1)c1c(F)c(F)c(F)c(F)c1F. The summed E-state index contributed by atoms with van der Waals surface area (Å²) in [5.41, 5.74) is -3.65. The van der Waals surface area contributed by atoms with Crippen LogP contribution in [-0.2, 0) is 0 Å². The lowest BCUT2D eigenvalue weighted by Crippen LogP contribution is -2.16. The Morgan fingerprint density at radius 1 is 0.202 bits per heavy atom. The Labute approximate surface area is 460 Å². The zero-order chi connectivity index (χ0) is 62.3. The van der Waals surface area contributed by atoms with Crippen LogP contribution in [0.3, 0.4) is 0 Å². The van der Waals surface area contributed by atoms with Crippen molar-refractivity contribution in [2.75, 3.05) is 21.3 Å². The molecule has 0 heterocycles. The molecule has 4 atom stereocenters. The van der Waals surface area contributed by atoms with E-state index in [1.54, 1.807) is 72.8 Å². The van der Waals surface area contributed by atoms with Crippen LogP contribution < -0.4 is 21.3 Å². The highest BCUT2D eigenvalue weighted by molar-refractivity contribution is 5.51. The predicted molar refractivity (Wildman–Crippen MR) is 259 cm³/mol. The lowest BCUT2D eigenvalue weighted by molar-refractivity contribution is 0.369. The quantitative estimate of drug-likeness (QED) is 0.0538. The molecule has 0 aliphatic rings. The molecule has 8 aromatic carbocycles. The summed E-state index contributed by atoms with van der Waals surface area (Å²) in [6.07, 6.45) is 0. The van der Waals surface area contributed by atoms with Crippen LogP contribution in [0.2, 0.25) is 0 Å². The van der Waals surface area contributed by atoms with Crippen LogP contribution in [0.15, 0.2) is 121 Å². The first-order chi connectivity index (χ1) is 39.9. The van der Waals surface area contributed by atoms with Gasteiger partial charge in [-0.25, -0.2) is 87.8 Å². The van der Waals surface area contributed by atoms with E-state index in [0.717, 1.165) is 0 Å². The summed E-state index contributed by atoms with van der Waals surface area (Å²) in [4.78, 5) is 0. The molecule has 0 saturated heterocycles. The molecule has 8 rings (SSSR count). The molecule has 8 nitrogen and oxygen atoms in total. The van der Waals surface area contributed by atoms with Gasteiger partial charge in [-0.15, -0.1) is 0 Å². The monoisotopic (exact) mass is 1190 g/mol. The summed E-state index contributed by atoms with van der Waals surface area (Å²) in [7, 11) is 0. The van der Waals surface area contributed by atoms with E-state index in [1.807, 2.05) is 0 Å². The van der Waals surface area contributed by atoms with Gasteiger partial charge in [0.05, 0.1) is 46.5 Å². The van der Waals surface area contributed by atoms with Crippen molar-refractivity contribution in [3.8, 4) is 24.3 Å². The van der Waals surface area contributed by atoms with Crippen LogP contribution in [0.25, 0.3) is 0 Å². The second kappa shape index (κ2) is 28.8. The molecule has 0 amide bonds. The molecule has 84 heavy (non-hydrogen) atoms. The van der Waals surface area contributed by atoms with Crippen molar-refractivity contribution < 1.29 is 87.8 Å². The van der Waals surface area contributed by atoms with E-state index in [4.69, 9.17) is 21.0 Å². The van der Waals surface area contributed by atoms with Gasteiger partial charge in [0.25, 0.3) is 0 Å². The van der Waals surface area contributed by atoms with Gasteiger partial charge in [0.15, 0.2) is 93.1 Å². The molecule has 0 aliphatic carbocycles. The van der Waals surface area contributed by atoms with Crippen LogP contribution in [0.4, 0.5) is 111 Å². The molecule has 8 aromatic rings. The number of halogens is 20. The number of hydrogen-bond acceptors (Lipinski definition) is 8. The fourth-order valence-corrected chi connectivity index (χ4v) is 6.98. The summed E-state index contributed by atoms with van der Waals surface area (Å²) in [5.74, 6) is -41.9. The summed E-state index contributed by atoms with van der Waals surface area (Å²) < 4.78 is 266. The summed E-state index contributed by atoms with van der Waals surface area (Å²) in [6.45, 7) is 0. The first-order valence-corrected chi connectivity index (χ1v) is 22.8. The number of benzene rings is 8. The van der Waals surface area contributed by atoms with Crippen molar-refractivity contribution in [3.05, 3.63) is 260 Å². The molecule has 0 fully saturated rings. The number of rotatable bonds is 12. The maximum atomic E-state index is 13.6. The largest absolute Gasteiger partial charge is 0.366 e.